The van der Waals surface area contributed by atoms with Crippen LogP contribution in [0.5, 0.6) is 11.5 Å². The van der Waals surface area contributed by atoms with Crippen LogP contribution < -0.4 is 9.47 Å². The summed E-state index contributed by atoms with van der Waals surface area (Å²) in [5, 5.41) is 0. The molecule has 0 aliphatic rings. The molecule has 0 saturated heterocycles. The molecule has 1 aromatic carbocycles. The average molecular weight is 359 g/mol. The maximum Gasteiger partial charge on any atom is 0.162 e. The highest BCUT2D eigenvalue weighted by atomic mass is 28.3. The molecule has 0 aromatic heterocycles. The van der Waals surface area contributed by atoms with Gasteiger partial charge in [0.2, 0.25) is 0 Å². The first-order valence-corrected chi connectivity index (χ1v) is 15.6. The van der Waals surface area contributed by atoms with Gasteiger partial charge in [-0.15, -0.1) is 11.1 Å². The maximum atomic E-state index is 5.74. The Hall–Kier alpha value is -1.63. The van der Waals surface area contributed by atoms with Gasteiger partial charge in [-0.1, -0.05) is 51.1 Å². The van der Waals surface area contributed by atoms with Crippen molar-refractivity contribution in [2.45, 2.75) is 53.1 Å². The van der Waals surface area contributed by atoms with Crippen molar-refractivity contribution in [3.8, 4) is 34.4 Å². The fourth-order valence-electron chi connectivity index (χ4n) is 1.81. The summed E-state index contributed by atoms with van der Waals surface area (Å²) in [5.41, 5.74) is 8.74. The van der Waals surface area contributed by atoms with Crippen molar-refractivity contribution in [3.05, 3.63) is 23.3 Å². The predicted octanol–water partition coefficient (Wildman–Crippen LogP) is 4.94. The van der Waals surface area contributed by atoms with E-state index in [0.717, 1.165) is 22.6 Å². The van der Waals surface area contributed by atoms with Crippen LogP contribution in [0.15, 0.2) is 12.1 Å². The van der Waals surface area contributed by atoms with Crippen LogP contribution in [0.25, 0.3) is 0 Å². The molecule has 0 N–H and O–H groups in total. The van der Waals surface area contributed by atoms with E-state index in [-0.39, 0.29) is 0 Å². The summed E-state index contributed by atoms with van der Waals surface area (Å²) in [6, 6.07) is 3.96. The molecule has 0 saturated carbocycles. The summed E-state index contributed by atoms with van der Waals surface area (Å²) < 4.78 is 11.5. The van der Waals surface area contributed by atoms with Gasteiger partial charge in [0.1, 0.15) is 16.1 Å². The van der Waals surface area contributed by atoms with Crippen molar-refractivity contribution in [1.82, 2.24) is 0 Å². The van der Waals surface area contributed by atoms with Crippen LogP contribution in [0.2, 0.25) is 39.3 Å². The summed E-state index contributed by atoms with van der Waals surface area (Å²) >= 11 is 0. The molecule has 0 atom stereocenters. The Morgan fingerprint density at radius 2 is 1.04 bits per heavy atom. The zero-order chi connectivity index (χ0) is 18.4. The summed E-state index contributed by atoms with van der Waals surface area (Å²) in [6.45, 7) is 18.6. The van der Waals surface area contributed by atoms with E-state index in [0.29, 0.717) is 13.2 Å². The molecule has 0 unspecified atom stereocenters. The predicted molar refractivity (Wildman–Crippen MR) is 109 cm³/mol. The zero-order valence-corrected chi connectivity index (χ0v) is 18.4. The molecule has 0 bridgehead atoms. The topological polar surface area (TPSA) is 18.5 Å². The Kier molecular flexibility index (Phi) is 7.20. The van der Waals surface area contributed by atoms with E-state index in [1.54, 1.807) is 0 Å². The highest BCUT2D eigenvalue weighted by Crippen LogP contribution is 2.31. The molecule has 2 nitrogen and oxygen atoms in total. The van der Waals surface area contributed by atoms with Gasteiger partial charge < -0.3 is 9.47 Å². The Labute approximate surface area is 150 Å². The molecule has 130 valence electrons. The van der Waals surface area contributed by atoms with Gasteiger partial charge in [0, 0.05) is 23.3 Å². The summed E-state index contributed by atoms with van der Waals surface area (Å²) in [6.07, 6.45) is 0. The van der Waals surface area contributed by atoms with Crippen LogP contribution in [-0.4, -0.2) is 29.4 Å². The third kappa shape index (κ3) is 7.30. The maximum absolute atomic E-state index is 5.74. The van der Waals surface area contributed by atoms with Gasteiger partial charge in [0.15, 0.2) is 11.5 Å². The fraction of sp³-hybridized carbons (Fsp3) is 0.500. The van der Waals surface area contributed by atoms with Crippen molar-refractivity contribution in [2.24, 2.45) is 0 Å². The van der Waals surface area contributed by atoms with Crippen LogP contribution >= 0.6 is 0 Å². The molecule has 0 aliphatic heterocycles. The molecular formula is C20H30O2Si2. The lowest BCUT2D eigenvalue weighted by molar-refractivity contribution is 0.287. The lowest BCUT2D eigenvalue weighted by Gasteiger charge is -2.13. The molecule has 0 aliphatic carbocycles. The largest absolute Gasteiger partial charge is 0.490 e. The third-order valence-electron chi connectivity index (χ3n) is 2.83. The van der Waals surface area contributed by atoms with Gasteiger partial charge in [-0.05, 0) is 13.8 Å². The first-order chi connectivity index (χ1) is 11.1. The van der Waals surface area contributed by atoms with E-state index < -0.39 is 16.1 Å². The van der Waals surface area contributed by atoms with Crippen LogP contribution in [0.3, 0.4) is 0 Å². The molecule has 1 rings (SSSR count). The summed E-state index contributed by atoms with van der Waals surface area (Å²) in [5.74, 6) is 8.19. The van der Waals surface area contributed by atoms with E-state index >= 15 is 0 Å². The monoisotopic (exact) mass is 358 g/mol. The van der Waals surface area contributed by atoms with Crippen molar-refractivity contribution in [1.29, 1.82) is 0 Å². The standard InChI is InChI=1S/C20H30O2Si2/c1-9-21-19-15-17(11-13-23(3,4)5)18(12-14-24(6,7)8)16-20(19)22-10-2/h15-16H,9-10H2,1-8H3. The van der Waals surface area contributed by atoms with E-state index in [9.17, 15) is 0 Å². The Morgan fingerprint density at radius 1 is 0.708 bits per heavy atom. The zero-order valence-electron chi connectivity index (χ0n) is 16.4. The molecule has 24 heavy (non-hydrogen) atoms. The average Bonchev–Trinajstić information content (AvgIpc) is 2.44. The highest BCUT2D eigenvalue weighted by Gasteiger charge is 2.13. The second kappa shape index (κ2) is 8.47. The molecule has 1 aromatic rings. The third-order valence-corrected chi connectivity index (χ3v) is 4.58. The number of ether oxygens (including phenoxy) is 2. The fourth-order valence-corrected chi connectivity index (χ4v) is 2.83. The minimum Gasteiger partial charge on any atom is -0.490 e. The van der Waals surface area contributed by atoms with E-state index in [1.807, 2.05) is 26.0 Å². The molecule has 0 heterocycles. The lowest BCUT2D eigenvalue weighted by atomic mass is 10.1. The minimum absolute atomic E-state index is 0.598. The van der Waals surface area contributed by atoms with Crippen LogP contribution in [-0.2, 0) is 0 Å². The SMILES string of the molecule is CCOc1cc(C#C[Si](C)(C)C)c(C#C[Si](C)(C)C)cc1OCC. The molecule has 0 amide bonds. The first kappa shape index (κ1) is 20.4. The lowest BCUT2D eigenvalue weighted by Crippen LogP contribution is -2.17. The van der Waals surface area contributed by atoms with Crippen molar-refractivity contribution in [2.75, 3.05) is 13.2 Å². The highest BCUT2D eigenvalue weighted by molar-refractivity contribution is 6.84. The van der Waals surface area contributed by atoms with Gasteiger partial charge in [-0.3, -0.25) is 0 Å². The summed E-state index contributed by atoms with van der Waals surface area (Å²) in [7, 11) is -2.92. The van der Waals surface area contributed by atoms with E-state index in [4.69, 9.17) is 9.47 Å². The Balaban J connectivity index is 3.51. The van der Waals surface area contributed by atoms with Gasteiger partial charge in [-0.25, -0.2) is 0 Å². The smallest absolute Gasteiger partial charge is 0.162 e. The Morgan fingerprint density at radius 3 is 1.29 bits per heavy atom. The number of rotatable bonds is 4. The van der Waals surface area contributed by atoms with Crippen LogP contribution in [0.4, 0.5) is 0 Å². The number of hydrogen-bond donors (Lipinski definition) is 0. The minimum atomic E-state index is -1.46. The van der Waals surface area contributed by atoms with Crippen molar-refractivity contribution < 1.29 is 9.47 Å². The van der Waals surface area contributed by atoms with Crippen LogP contribution in [0.1, 0.15) is 25.0 Å². The Bertz CT molecular complexity index is 626. The molecule has 4 heteroatoms. The normalized spacial score (nSPS) is 11.0. The molecular weight excluding hydrogens is 328 g/mol. The second-order valence-electron chi connectivity index (χ2n) is 7.71. The van der Waals surface area contributed by atoms with Gasteiger partial charge >= 0.3 is 0 Å². The summed E-state index contributed by atoms with van der Waals surface area (Å²) in [4.78, 5) is 0. The van der Waals surface area contributed by atoms with Gasteiger partial charge in [0.25, 0.3) is 0 Å². The van der Waals surface area contributed by atoms with Crippen LogP contribution in [0, 0.1) is 22.9 Å². The molecule has 0 fully saturated rings. The second-order valence-corrected chi connectivity index (χ2v) is 17.2. The quantitative estimate of drug-likeness (QED) is 0.560. The van der Waals surface area contributed by atoms with E-state index in [1.165, 1.54) is 0 Å². The number of hydrogen-bond acceptors (Lipinski definition) is 2. The first-order valence-electron chi connectivity index (χ1n) is 8.55. The number of benzene rings is 1. The van der Waals surface area contributed by atoms with Gasteiger partial charge in [-0.2, -0.15) is 0 Å². The van der Waals surface area contributed by atoms with E-state index in [2.05, 4.69) is 62.2 Å². The van der Waals surface area contributed by atoms with Crippen molar-refractivity contribution >= 4 is 16.1 Å². The molecule has 0 spiro atoms. The van der Waals surface area contributed by atoms with Gasteiger partial charge in [0.05, 0.1) is 13.2 Å². The molecule has 0 radical (unpaired) electrons. The van der Waals surface area contributed by atoms with Crippen molar-refractivity contribution in [3.63, 3.8) is 0 Å².